The third kappa shape index (κ3) is 12.1. The number of hydrogen-bond donors (Lipinski definition) is 1. The van der Waals surface area contributed by atoms with Crippen LogP contribution in [0.1, 0.15) is 13.8 Å². The molecule has 0 spiro atoms. The summed E-state index contributed by atoms with van der Waals surface area (Å²) >= 11 is -1.85. The van der Waals surface area contributed by atoms with E-state index in [1.54, 1.807) is 13.8 Å². The SMILES string of the molecule is CC(C)([NH-])CO.[Cl][Pt]([Cl])[Cl].c1ccc([PH+](c2ccccc2)c2ccccc2)cc1. The van der Waals surface area contributed by atoms with Gasteiger partial charge in [0.15, 0.2) is 0 Å². The first-order chi connectivity index (χ1) is 13.7. The van der Waals surface area contributed by atoms with Crippen LogP contribution in [0.2, 0.25) is 0 Å². The Hall–Kier alpha value is -0.432. The van der Waals surface area contributed by atoms with Crippen LogP contribution in [-0.2, 0) is 14.2 Å². The molecule has 3 aromatic carbocycles. The Labute approximate surface area is 193 Å². The molecular weight excluding hydrogens is 627 g/mol. The Morgan fingerprint density at radius 3 is 1.10 bits per heavy atom. The van der Waals surface area contributed by atoms with E-state index in [-0.39, 0.29) is 6.61 Å². The van der Waals surface area contributed by atoms with E-state index in [1.807, 2.05) is 0 Å². The molecule has 0 aliphatic heterocycles. The van der Waals surface area contributed by atoms with E-state index in [2.05, 4.69) is 91.0 Å². The van der Waals surface area contributed by atoms with Gasteiger partial charge in [-0.25, -0.2) is 0 Å². The number of aliphatic hydroxyl groups excluding tert-OH is 1. The molecule has 0 bridgehead atoms. The normalized spacial score (nSPS) is 11.0. The zero-order valence-electron chi connectivity index (χ0n) is 16.3. The Balaban J connectivity index is 0.000000353. The molecule has 2 N–H and O–H groups in total. The van der Waals surface area contributed by atoms with Gasteiger partial charge in [-0.3, -0.25) is 0 Å². The van der Waals surface area contributed by atoms with Crippen LogP contribution in [0.4, 0.5) is 0 Å². The molecule has 0 unspecified atom stereocenters. The standard InChI is InChI=1S/C18H15P.C4H10NO.3ClH.Pt/c1-4-10-16(11-5-1)19(17-12-6-2-7-13-17)18-14-8-3-9-15-18;1-4(2,5)3-6;;;;/h1-15H;5-6H,3H2,1-2H3;3*1H;/q;-1;;;;+3/p-2. The number of aliphatic hydroxyl groups is 1. The molecule has 161 valence electrons. The second kappa shape index (κ2) is 14.6. The van der Waals surface area contributed by atoms with E-state index < -0.39 is 27.6 Å². The van der Waals surface area contributed by atoms with Gasteiger partial charge in [0.2, 0.25) is 0 Å². The summed E-state index contributed by atoms with van der Waals surface area (Å²) in [5.41, 5.74) is 6.28. The van der Waals surface area contributed by atoms with Crippen LogP contribution in [0.25, 0.3) is 5.73 Å². The topological polar surface area (TPSA) is 44.0 Å². The summed E-state index contributed by atoms with van der Waals surface area (Å²) in [5, 5.41) is 12.5. The summed E-state index contributed by atoms with van der Waals surface area (Å²) in [6, 6.07) is 32.5. The fourth-order valence-corrected chi connectivity index (χ4v) is 4.89. The molecule has 2 nitrogen and oxygen atoms in total. The molecule has 0 amide bonds. The molecule has 0 saturated carbocycles. The monoisotopic (exact) mass is 651 g/mol. The first-order valence-electron chi connectivity index (χ1n) is 8.76. The first kappa shape index (κ1) is 26.6. The molecule has 0 aliphatic carbocycles. The van der Waals surface area contributed by atoms with Crippen LogP contribution >= 0.6 is 36.2 Å². The summed E-state index contributed by atoms with van der Waals surface area (Å²) in [7, 11) is 14.0. The van der Waals surface area contributed by atoms with Gasteiger partial charge in [-0.15, -0.1) is 5.54 Å². The molecule has 0 aromatic heterocycles. The van der Waals surface area contributed by atoms with Crippen molar-refractivity contribution >= 4 is 52.1 Å². The van der Waals surface area contributed by atoms with Gasteiger partial charge in [0.05, 0.1) is 7.92 Å². The second-order valence-electron chi connectivity index (χ2n) is 6.65. The minimum Gasteiger partial charge on any atom is -0.0620 e. The van der Waals surface area contributed by atoms with Crippen LogP contribution in [0.5, 0.6) is 0 Å². The van der Waals surface area contributed by atoms with Crippen molar-refractivity contribution < 1.29 is 19.3 Å². The number of hydrogen-bond acceptors (Lipinski definition) is 1. The summed E-state index contributed by atoms with van der Waals surface area (Å²) in [5.74, 6) is 0. The van der Waals surface area contributed by atoms with Crippen molar-refractivity contribution in [3.05, 3.63) is 96.7 Å². The van der Waals surface area contributed by atoms with Crippen molar-refractivity contribution in [3.8, 4) is 0 Å². The van der Waals surface area contributed by atoms with Gasteiger partial charge in [0.25, 0.3) is 0 Å². The third-order valence-electron chi connectivity index (χ3n) is 3.58. The molecule has 0 saturated heterocycles. The van der Waals surface area contributed by atoms with Gasteiger partial charge < -0.3 is 10.8 Å². The fourth-order valence-electron chi connectivity index (χ4n) is 2.31. The Kier molecular flexibility index (Phi) is 13.3. The van der Waals surface area contributed by atoms with E-state index in [4.69, 9.17) is 39.1 Å². The first-order valence-corrected chi connectivity index (χ1v) is 18.7. The number of halogens is 3. The number of benzene rings is 3. The molecule has 29 heavy (non-hydrogen) atoms. The smallest absolute Gasteiger partial charge is 0.0620 e. The van der Waals surface area contributed by atoms with Gasteiger partial charge in [-0.1, -0.05) is 68.4 Å². The average molecular weight is 653 g/mol. The quantitative estimate of drug-likeness (QED) is 0.343. The maximum atomic E-state index is 8.22. The fraction of sp³-hybridized carbons (Fsp3) is 0.182. The Morgan fingerprint density at radius 2 is 0.931 bits per heavy atom. The maximum absolute atomic E-state index is 8.22. The molecule has 7 heteroatoms. The molecule has 3 rings (SSSR count). The van der Waals surface area contributed by atoms with Crippen molar-refractivity contribution in [2.75, 3.05) is 6.61 Å². The molecule has 0 fully saturated rings. The van der Waals surface area contributed by atoms with Crippen LogP contribution in [0.3, 0.4) is 0 Å². The Bertz CT molecular complexity index is 691. The second-order valence-corrected chi connectivity index (χ2v) is 19.0. The number of nitrogens with one attached hydrogen (secondary N) is 1. The van der Waals surface area contributed by atoms with E-state index >= 15 is 0 Å². The van der Waals surface area contributed by atoms with Crippen LogP contribution in [-0.4, -0.2) is 17.3 Å². The molecule has 3 aromatic rings. The molecular formula is C22H26Cl3NOPPt. The van der Waals surface area contributed by atoms with Crippen molar-refractivity contribution in [1.29, 1.82) is 0 Å². The predicted molar refractivity (Wildman–Crippen MR) is 130 cm³/mol. The van der Waals surface area contributed by atoms with Gasteiger partial charge in [0, 0.05) is 6.61 Å². The molecule has 0 aliphatic rings. The van der Waals surface area contributed by atoms with Gasteiger partial charge in [-0.05, 0) is 36.4 Å². The average Bonchev–Trinajstić information content (AvgIpc) is 2.70. The van der Waals surface area contributed by atoms with Crippen molar-refractivity contribution in [2.45, 2.75) is 19.4 Å². The van der Waals surface area contributed by atoms with Crippen molar-refractivity contribution in [1.82, 2.24) is 0 Å². The van der Waals surface area contributed by atoms with Crippen LogP contribution in [0.15, 0.2) is 91.0 Å². The zero-order valence-corrected chi connectivity index (χ0v) is 21.8. The molecule has 0 atom stereocenters. The van der Waals surface area contributed by atoms with Crippen molar-refractivity contribution in [2.24, 2.45) is 0 Å². The summed E-state index contributed by atoms with van der Waals surface area (Å²) < 4.78 is 0. The molecule has 0 heterocycles. The van der Waals surface area contributed by atoms with Crippen LogP contribution in [0, 0.1) is 0 Å². The van der Waals surface area contributed by atoms with E-state index in [0.29, 0.717) is 0 Å². The summed E-state index contributed by atoms with van der Waals surface area (Å²) in [6.45, 7) is 3.26. The van der Waals surface area contributed by atoms with Crippen molar-refractivity contribution in [3.63, 3.8) is 0 Å². The number of rotatable bonds is 4. The van der Waals surface area contributed by atoms with Crippen LogP contribution < -0.4 is 15.9 Å². The molecule has 0 radical (unpaired) electrons. The zero-order chi connectivity index (χ0) is 21.7. The van der Waals surface area contributed by atoms with E-state index in [1.165, 1.54) is 15.9 Å². The predicted octanol–water partition coefficient (Wildman–Crippen LogP) is 6.05. The van der Waals surface area contributed by atoms with Gasteiger partial charge in [0.1, 0.15) is 15.9 Å². The maximum Gasteiger partial charge on any atom is 0.102 e. The van der Waals surface area contributed by atoms with Gasteiger partial charge >= 0.3 is 42.4 Å². The summed E-state index contributed by atoms with van der Waals surface area (Å²) in [6.07, 6.45) is 0. The third-order valence-corrected chi connectivity index (χ3v) is 6.31. The summed E-state index contributed by atoms with van der Waals surface area (Å²) in [4.78, 5) is 0. The largest absolute Gasteiger partial charge is 0.102 e. The van der Waals surface area contributed by atoms with Gasteiger partial charge in [-0.2, -0.15) is 0 Å². The Morgan fingerprint density at radius 1 is 0.724 bits per heavy atom. The van der Waals surface area contributed by atoms with E-state index in [9.17, 15) is 0 Å². The minimum atomic E-state index is -1.85. The minimum absolute atomic E-state index is 0.0625. The van der Waals surface area contributed by atoms with E-state index in [0.717, 1.165) is 0 Å².